The van der Waals surface area contributed by atoms with Crippen LogP contribution in [0.3, 0.4) is 0 Å². The van der Waals surface area contributed by atoms with E-state index >= 15 is 0 Å². The zero-order valence-electron chi connectivity index (χ0n) is 17.5. The molecule has 4 N–H and O–H groups in total. The van der Waals surface area contributed by atoms with Crippen LogP contribution in [0.2, 0.25) is 0 Å². The fourth-order valence-corrected chi connectivity index (χ4v) is 5.04. The van der Waals surface area contributed by atoms with E-state index in [1.165, 1.54) is 0 Å². The largest absolute Gasteiger partial charge is 0.383 e. The van der Waals surface area contributed by atoms with E-state index in [9.17, 15) is 13.2 Å². The number of anilines is 1. The average molecular weight is 449 g/mol. The van der Waals surface area contributed by atoms with Crippen LogP contribution in [0.5, 0.6) is 0 Å². The molecule has 0 unspecified atom stereocenters. The van der Waals surface area contributed by atoms with Crippen LogP contribution in [0, 0.1) is 5.92 Å². The van der Waals surface area contributed by atoms with E-state index < -0.39 is 10.0 Å². The second kappa shape index (κ2) is 8.03. The smallest absolute Gasteiger partial charge is 0.251 e. The Labute approximate surface area is 187 Å². The molecule has 164 valence electrons. The van der Waals surface area contributed by atoms with Crippen LogP contribution in [0.1, 0.15) is 28.8 Å². The number of nitrogens with zero attached hydrogens (tertiary/aromatic N) is 1. The molecule has 2 aliphatic rings. The topological polar surface area (TPSA) is 114 Å². The van der Waals surface area contributed by atoms with Gasteiger partial charge in [0.1, 0.15) is 5.82 Å². The quantitative estimate of drug-likeness (QED) is 0.536. The van der Waals surface area contributed by atoms with Crippen LogP contribution in [-0.4, -0.2) is 32.4 Å². The molecular weight excluding hydrogens is 424 g/mol. The molecule has 0 atom stereocenters. The lowest BCUT2D eigenvalue weighted by molar-refractivity contribution is 0.0946. The normalized spacial score (nSPS) is 15.8. The van der Waals surface area contributed by atoms with Crippen molar-refractivity contribution in [1.29, 1.82) is 0 Å². The molecule has 0 saturated heterocycles. The average Bonchev–Trinajstić information content (AvgIpc) is 3.63. The van der Waals surface area contributed by atoms with Gasteiger partial charge in [0.15, 0.2) is 0 Å². The summed E-state index contributed by atoms with van der Waals surface area (Å²) in [5.74, 6) is 0.818. The standard InChI is InChI=1S/C24H24N4O3S/c25-23-22(17-5-8-21-18(11-17)9-10-26-24(21)29)12-19(14-27-23)16-3-6-20(7-4-16)32(30,31)28-13-15-1-2-15/h3-8,11-12,14-15,28H,1-2,9-10,13H2,(H2,25,27)(H,26,29). The van der Waals surface area contributed by atoms with Crippen LogP contribution >= 0.6 is 0 Å². The molecule has 1 fully saturated rings. The highest BCUT2D eigenvalue weighted by atomic mass is 32.2. The number of carbonyl (C=O) groups excluding carboxylic acids is 1. The van der Waals surface area contributed by atoms with E-state index in [0.717, 1.165) is 47.1 Å². The first-order valence-corrected chi connectivity index (χ1v) is 12.2. The molecule has 0 radical (unpaired) electrons. The summed E-state index contributed by atoms with van der Waals surface area (Å²) in [6.45, 7) is 1.12. The van der Waals surface area contributed by atoms with E-state index in [1.54, 1.807) is 30.5 Å². The fourth-order valence-electron chi connectivity index (χ4n) is 3.92. The Bertz CT molecular complexity index is 1300. The van der Waals surface area contributed by atoms with Gasteiger partial charge in [0.25, 0.3) is 5.91 Å². The van der Waals surface area contributed by atoms with Crippen molar-refractivity contribution in [1.82, 2.24) is 15.0 Å². The van der Waals surface area contributed by atoms with Gasteiger partial charge in [-0.3, -0.25) is 4.79 Å². The Kier molecular flexibility index (Phi) is 5.19. The lowest BCUT2D eigenvalue weighted by atomic mass is 9.94. The minimum absolute atomic E-state index is 0.0562. The minimum atomic E-state index is -3.50. The number of hydrogen-bond donors (Lipinski definition) is 3. The number of carbonyl (C=O) groups is 1. The summed E-state index contributed by atoms with van der Waals surface area (Å²) in [6, 6.07) is 14.4. The molecule has 2 heterocycles. The molecular formula is C24H24N4O3S. The van der Waals surface area contributed by atoms with Crippen molar-refractivity contribution in [3.8, 4) is 22.3 Å². The summed E-state index contributed by atoms with van der Waals surface area (Å²) < 4.78 is 27.6. The Balaban J connectivity index is 1.43. The van der Waals surface area contributed by atoms with Gasteiger partial charge >= 0.3 is 0 Å². The molecule has 32 heavy (non-hydrogen) atoms. The first-order chi connectivity index (χ1) is 15.4. The van der Waals surface area contributed by atoms with Crippen molar-refractivity contribution in [3.05, 3.63) is 65.9 Å². The molecule has 7 nitrogen and oxygen atoms in total. The minimum Gasteiger partial charge on any atom is -0.383 e. The lowest BCUT2D eigenvalue weighted by Gasteiger charge is -2.18. The SMILES string of the molecule is Nc1ncc(-c2ccc(S(=O)(=O)NCC3CC3)cc2)cc1-c1ccc2c(c1)CCNC2=O. The van der Waals surface area contributed by atoms with Gasteiger partial charge in [-0.25, -0.2) is 18.1 Å². The van der Waals surface area contributed by atoms with Gasteiger partial charge < -0.3 is 11.1 Å². The Hall–Kier alpha value is -3.23. The summed E-state index contributed by atoms with van der Waals surface area (Å²) in [6.07, 6.45) is 4.63. The van der Waals surface area contributed by atoms with Gasteiger partial charge in [0.05, 0.1) is 4.90 Å². The predicted octanol–water partition coefficient (Wildman–Crippen LogP) is 2.97. The molecule has 0 bridgehead atoms. The Morgan fingerprint density at radius 2 is 1.75 bits per heavy atom. The monoisotopic (exact) mass is 448 g/mol. The van der Waals surface area contributed by atoms with Gasteiger partial charge in [-0.1, -0.05) is 24.3 Å². The molecule has 3 aromatic rings. The van der Waals surface area contributed by atoms with Crippen molar-refractivity contribution in [2.24, 2.45) is 5.92 Å². The number of nitrogens with two attached hydrogens (primary N) is 1. The van der Waals surface area contributed by atoms with Crippen molar-refractivity contribution >= 4 is 21.7 Å². The zero-order chi connectivity index (χ0) is 22.3. The van der Waals surface area contributed by atoms with Crippen molar-refractivity contribution in [2.45, 2.75) is 24.2 Å². The summed E-state index contributed by atoms with van der Waals surface area (Å²) in [5, 5.41) is 2.85. The molecule has 5 rings (SSSR count). The van der Waals surface area contributed by atoms with Crippen LogP contribution in [0.15, 0.2) is 59.6 Å². The lowest BCUT2D eigenvalue weighted by Crippen LogP contribution is -2.31. The highest BCUT2D eigenvalue weighted by Gasteiger charge is 2.24. The van der Waals surface area contributed by atoms with Gasteiger partial charge in [0, 0.05) is 36.0 Å². The predicted molar refractivity (Wildman–Crippen MR) is 123 cm³/mol. The van der Waals surface area contributed by atoms with Crippen LogP contribution in [-0.2, 0) is 16.4 Å². The van der Waals surface area contributed by atoms with Gasteiger partial charge in [-0.05, 0) is 66.1 Å². The van der Waals surface area contributed by atoms with Crippen LogP contribution in [0.25, 0.3) is 22.3 Å². The molecule has 8 heteroatoms. The second-order valence-electron chi connectivity index (χ2n) is 8.35. The van der Waals surface area contributed by atoms with Gasteiger partial charge in [0.2, 0.25) is 10.0 Å². The number of rotatable bonds is 6. The van der Waals surface area contributed by atoms with Crippen molar-refractivity contribution in [3.63, 3.8) is 0 Å². The number of benzene rings is 2. The number of aromatic nitrogens is 1. The molecule has 1 amide bonds. The first-order valence-electron chi connectivity index (χ1n) is 10.7. The third-order valence-corrected chi connectivity index (χ3v) is 7.46. The van der Waals surface area contributed by atoms with Crippen LogP contribution in [0.4, 0.5) is 5.82 Å². The summed E-state index contributed by atoms with van der Waals surface area (Å²) in [4.78, 5) is 16.6. The first kappa shape index (κ1) is 20.7. The zero-order valence-corrected chi connectivity index (χ0v) is 18.3. The molecule has 1 saturated carbocycles. The maximum atomic E-state index is 12.5. The number of amides is 1. The molecule has 2 aromatic carbocycles. The third kappa shape index (κ3) is 4.11. The number of nitrogen functional groups attached to an aromatic ring is 1. The van der Waals surface area contributed by atoms with Crippen molar-refractivity contribution < 1.29 is 13.2 Å². The highest BCUT2D eigenvalue weighted by molar-refractivity contribution is 7.89. The fraction of sp³-hybridized carbons (Fsp3) is 0.250. The van der Waals surface area contributed by atoms with Gasteiger partial charge in [-0.15, -0.1) is 0 Å². The third-order valence-electron chi connectivity index (χ3n) is 6.02. The van der Waals surface area contributed by atoms with E-state index in [-0.39, 0.29) is 10.8 Å². The number of hydrogen-bond acceptors (Lipinski definition) is 5. The Morgan fingerprint density at radius 1 is 1.00 bits per heavy atom. The van der Waals surface area contributed by atoms with E-state index in [2.05, 4.69) is 15.0 Å². The maximum absolute atomic E-state index is 12.5. The molecule has 1 aliphatic carbocycles. The molecule has 0 spiro atoms. The van der Waals surface area contributed by atoms with E-state index in [0.29, 0.717) is 30.4 Å². The van der Waals surface area contributed by atoms with Crippen LogP contribution < -0.4 is 15.8 Å². The van der Waals surface area contributed by atoms with E-state index in [4.69, 9.17) is 5.73 Å². The van der Waals surface area contributed by atoms with E-state index in [1.807, 2.05) is 24.3 Å². The summed E-state index contributed by atoms with van der Waals surface area (Å²) in [5.41, 5.74) is 11.2. The number of sulfonamides is 1. The molecule has 1 aromatic heterocycles. The van der Waals surface area contributed by atoms with Crippen molar-refractivity contribution in [2.75, 3.05) is 18.8 Å². The Morgan fingerprint density at radius 3 is 2.50 bits per heavy atom. The van der Waals surface area contributed by atoms with Gasteiger partial charge in [-0.2, -0.15) is 0 Å². The maximum Gasteiger partial charge on any atom is 0.251 e. The second-order valence-corrected chi connectivity index (χ2v) is 10.1. The summed E-state index contributed by atoms with van der Waals surface area (Å²) >= 11 is 0. The molecule has 1 aliphatic heterocycles. The number of pyridine rings is 1. The summed E-state index contributed by atoms with van der Waals surface area (Å²) in [7, 11) is -3.50. The highest BCUT2D eigenvalue weighted by Crippen LogP contribution is 2.32. The number of nitrogens with one attached hydrogen (secondary N) is 2. The number of fused-ring (bicyclic) bond motifs is 1.